The van der Waals surface area contributed by atoms with Gasteiger partial charge in [-0.1, -0.05) is 49.4 Å². The van der Waals surface area contributed by atoms with E-state index < -0.39 is 10.0 Å². The molecular weight excluding hydrogens is 450 g/mol. The van der Waals surface area contributed by atoms with Gasteiger partial charge in [-0.15, -0.1) is 0 Å². The Bertz CT molecular complexity index is 1210. The monoisotopic (exact) mass is 481 g/mol. The van der Waals surface area contributed by atoms with Gasteiger partial charge in [-0.2, -0.15) is 0 Å². The zero-order valence-corrected chi connectivity index (χ0v) is 20.7. The second-order valence-corrected chi connectivity index (χ2v) is 9.77. The fourth-order valence-corrected chi connectivity index (χ4v) is 4.87. The van der Waals surface area contributed by atoms with Crippen LogP contribution in [0.5, 0.6) is 5.75 Å². The lowest BCUT2D eigenvalue weighted by atomic mass is 10.1. The molecule has 0 saturated carbocycles. The first-order valence-corrected chi connectivity index (χ1v) is 12.5. The summed E-state index contributed by atoms with van der Waals surface area (Å²) in [5.41, 5.74) is 2.84. The minimum atomic E-state index is -3.98. The Morgan fingerprint density at radius 2 is 1.68 bits per heavy atom. The maximum absolute atomic E-state index is 13.1. The number of benzene rings is 3. The second-order valence-electron chi connectivity index (χ2n) is 8.12. The van der Waals surface area contributed by atoms with Gasteiger partial charge >= 0.3 is 0 Å². The van der Waals surface area contributed by atoms with Crippen molar-refractivity contribution in [3.8, 4) is 5.75 Å². The van der Waals surface area contributed by atoms with Crippen LogP contribution in [0.4, 0.5) is 5.69 Å². The summed E-state index contributed by atoms with van der Waals surface area (Å²) in [6, 6.07) is 21.4. The van der Waals surface area contributed by atoms with Gasteiger partial charge in [-0.3, -0.25) is 9.52 Å². The van der Waals surface area contributed by atoms with Crippen LogP contribution in [0.15, 0.2) is 77.7 Å². The molecular formula is C26H31N3O4S. The summed E-state index contributed by atoms with van der Waals surface area (Å²) in [7, 11) is 1.30. The van der Waals surface area contributed by atoms with E-state index in [0.29, 0.717) is 12.2 Å². The zero-order chi connectivity index (χ0) is 24.7. The van der Waals surface area contributed by atoms with Crippen LogP contribution in [0.3, 0.4) is 0 Å². The number of ether oxygens (including phenoxy) is 1. The number of carbonyl (C=O) groups excluding carboxylic acids is 1. The maximum Gasteiger partial charge on any atom is 0.265 e. The van der Waals surface area contributed by atoms with Gasteiger partial charge in [0.25, 0.3) is 15.9 Å². The zero-order valence-electron chi connectivity index (χ0n) is 19.9. The van der Waals surface area contributed by atoms with Crippen LogP contribution in [-0.4, -0.2) is 47.0 Å². The fourth-order valence-electron chi connectivity index (χ4n) is 3.61. The number of aryl methyl sites for hydroxylation is 1. The minimum Gasteiger partial charge on any atom is -0.495 e. The summed E-state index contributed by atoms with van der Waals surface area (Å²) >= 11 is 0. The number of methoxy groups -OCH3 is 1. The number of sulfonamides is 1. The molecule has 0 aromatic heterocycles. The molecule has 7 nitrogen and oxygen atoms in total. The third-order valence-corrected chi connectivity index (χ3v) is 7.00. The van der Waals surface area contributed by atoms with E-state index >= 15 is 0 Å². The molecule has 180 valence electrons. The van der Waals surface area contributed by atoms with E-state index in [1.54, 1.807) is 18.2 Å². The first-order chi connectivity index (χ1) is 16.2. The molecule has 0 fully saturated rings. The number of nitrogens with zero attached hydrogens (tertiary/aromatic N) is 1. The average molecular weight is 482 g/mol. The van der Waals surface area contributed by atoms with Gasteiger partial charge in [0.1, 0.15) is 10.6 Å². The second kappa shape index (κ2) is 11.2. The van der Waals surface area contributed by atoms with Gasteiger partial charge in [0, 0.05) is 17.8 Å². The van der Waals surface area contributed by atoms with Crippen molar-refractivity contribution in [2.24, 2.45) is 0 Å². The fraction of sp³-hybridized carbons (Fsp3) is 0.269. The third kappa shape index (κ3) is 6.15. The lowest BCUT2D eigenvalue weighted by Crippen LogP contribution is -2.34. The highest BCUT2D eigenvalue weighted by atomic mass is 32.2. The lowest BCUT2D eigenvalue weighted by molar-refractivity contribution is 0.0941. The van der Waals surface area contributed by atoms with Crippen LogP contribution in [0.1, 0.15) is 34.5 Å². The Balaban J connectivity index is 1.81. The van der Waals surface area contributed by atoms with Crippen LogP contribution in [0.25, 0.3) is 0 Å². The summed E-state index contributed by atoms with van der Waals surface area (Å²) in [6.07, 6.45) is 0.858. The maximum atomic E-state index is 13.1. The Hall–Kier alpha value is -3.36. The minimum absolute atomic E-state index is 0.0284. The van der Waals surface area contributed by atoms with Crippen LogP contribution >= 0.6 is 0 Å². The molecule has 1 amide bonds. The van der Waals surface area contributed by atoms with Crippen molar-refractivity contribution < 1.29 is 17.9 Å². The molecule has 0 unspecified atom stereocenters. The SMILES string of the molecule is CCc1ccc(NS(=O)(=O)c2cc(C(=O)NC[C@@H](c3ccccc3)N(C)C)ccc2OC)cc1. The molecule has 3 rings (SSSR count). The number of hydrogen-bond donors (Lipinski definition) is 2. The molecule has 0 saturated heterocycles. The summed E-state index contributed by atoms with van der Waals surface area (Å²) in [5.74, 6) is -0.209. The summed E-state index contributed by atoms with van der Waals surface area (Å²) in [5, 5.41) is 2.92. The van der Waals surface area contributed by atoms with Crippen molar-refractivity contribution in [3.05, 3.63) is 89.5 Å². The van der Waals surface area contributed by atoms with E-state index in [1.165, 1.54) is 19.2 Å². The number of nitrogens with one attached hydrogen (secondary N) is 2. The highest BCUT2D eigenvalue weighted by Crippen LogP contribution is 2.27. The van der Waals surface area contributed by atoms with Crippen LogP contribution < -0.4 is 14.8 Å². The molecule has 0 aliphatic rings. The molecule has 3 aromatic rings. The number of hydrogen-bond acceptors (Lipinski definition) is 5. The van der Waals surface area contributed by atoms with Crippen molar-refractivity contribution >= 4 is 21.6 Å². The molecule has 0 aliphatic heterocycles. The largest absolute Gasteiger partial charge is 0.495 e. The number of likely N-dealkylation sites (N-methyl/N-ethyl adjacent to an activating group) is 1. The topological polar surface area (TPSA) is 87.7 Å². The first kappa shape index (κ1) is 25.3. The summed E-state index contributed by atoms with van der Waals surface area (Å²) in [4.78, 5) is 14.8. The summed E-state index contributed by atoms with van der Waals surface area (Å²) in [6.45, 7) is 2.40. The Morgan fingerprint density at radius 1 is 1.00 bits per heavy atom. The van der Waals surface area contributed by atoms with E-state index in [1.807, 2.05) is 68.4 Å². The predicted molar refractivity (Wildman–Crippen MR) is 135 cm³/mol. The number of anilines is 1. The molecule has 0 bridgehead atoms. The van der Waals surface area contributed by atoms with E-state index in [0.717, 1.165) is 17.5 Å². The van der Waals surface area contributed by atoms with Gasteiger partial charge in [0.2, 0.25) is 0 Å². The molecule has 34 heavy (non-hydrogen) atoms. The Kier molecular flexibility index (Phi) is 8.31. The summed E-state index contributed by atoms with van der Waals surface area (Å²) < 4.78 is 34.1. The van der Waals surface area contributed by atoms with Gasteiger partial charge in [-0.25, -0.2) is 8.42 Å². The van der Waals surface area contributed by atoms with Crippen LogP contribution in [0.2, 0.25) is 0 Å². The van der Waals surface area contributed by atoms with Crippen LogP contribution in [0, 0.1) is 0 Å². The van der Waals surface area contributed by atoms with Crippen molar-refractivity contribution in [2.75, 3.05) is 32.5 Å². The van der Waals surface area contributed by atoms with E-state index in [9.17, 15) is 13.2 Å². The van der Waals surface area contributed by atoms with Gasteiger partial charge < -0.3 is 15.0 Å². The molecule has 0 radical (unpaired) electrons. The average Bonchev–Trinajstić information content (AvgIpc) is 2.84. The van der Waals surface area contributed by atoms with Gasteiger partial charge in [0.05, 0.1) is 13.2 Å². The number of rotatable bonds is 10. The molecule has 0 heterocycles. The normalized spacial score (nSPS) is 12.3. The molecule has 0 aliphatic carbocycles. The Morgan fingerprint density at radius 3 is 2.26 bits per heavy atom. The number of carbonyl (C=O) groups is 1. The van der Waals surface area contributed by atoms with Crippen molar-refractivity contribution in [1.29, 1.82) is 0 Å². The molecule has 2 N–H and O–H groups in total. The highest BCUT2D eigenvalue weighted by Gasteiger charge is 2.23. The van der Waals surface area contributed by atoms with Crippen molar-refractivity contribution in [3.63, 3.8) is 0 Å². The first-order valence-electron chi connectivity index (χ1n) is 11.0. The quantitative estimate of drug-likeness (QED) is 0.455. The van der Waals surface area contributed by atoms with Crippen LogP contribution in [-0.2, 0) is 16.4 Å². The molecule has 1 atom stereocenters. The van der Waals surface area contributed by atoms with Gasteiger partial charge in [0.15, 0.2) is 0 Å². The van der Waals surface area contributed by atoms with Crippen molar-refractivity contribution in [2.45, 2.75) is 24.3 Å². The number of amides is 1. The van der Waals surface area contributed by atoms with E-state index in [2.05, 4.69) is 10.0 Å². The third-order valence-electron chi connectivity index (χ3n) is 5.59. The lowest BCUT2D eigenvalue weighted by Gasteiger charge is -2.25. The van der Waals surface area contributed by atoms with Gasteiger partial charge in [-0.05, 0) is 62.0 Å². The molecule has 3 aromatic carbocycles. The molecule has 0 spiro atoms. The van der Waals surface area contributed by atoms with E-state index in [-0.39, 0.29) is 28.2 Å². The smallest absolute Gasteiger partial charge is 0.265 e. The predicted octanol–water partition coefficient (Wildman–Crippen LogP) is 4.09. The van der Waals surface area contributed by atoms with Crippen molar-refractivity contribution in [1.82, 2.24) is 10.2 Å². The standard InChI is InChI=1S/C26H31N3O4S/c1-5-19-11-14-22(15-12-19)28-34(31,32)25-17-21(13-16-24(25)33-4)26(30)27-18-23(29(2)3)20-9-7-6-8-10-20/h6-17,23,28H,5,18H2,1-4H3,(H,27,30)/t23-/m0/s1. The molecule has 8 heteroatoms. The highest BCUT2D eigenvalue weighted by molar-refractivity contribution is 7.92. The van der Waals surface area contributed by atoms with E-state index in [4.69, 9.17) is 4.74 Å². The Labute approximate surface area is 201 Å².